The van der Waals surface area contributed by atoms with Crippen LogP contribution in [0.1, 0.15) is 11.1 Å². The molecule has 1 heterocycles. The highest BCUT2D eigenvalue weighted by molar-refractivity contribution is 5.82. The van der Waals surface area contributed by atoms with E-state index in [0.717, 1.165) is 23.4 Å². The maximum absolute atomic E-state index is 12.3. The number of hydrogen-bond acceptors (Lipinski definition) is 4. The molecule has 0 spiro atoms. The lowest BCUT2D eigenvalue weighted by Crippen LogP contribution is -2.47. The van der Waals surface area contributed by atoms with Gasteiger partial charge in [0.05, 0.1) is 6.54 Å². The predicted octanol–water partition coefficient (Wildman–Crippen LogP) is 2.43. The summed E-state index contributed by atoms with van der Waals surface area (Å²) in [4.78, 5) is 19.9. The molecule has 2 N–H and O–H groups in total. The molecule has 31 heavy (non-hydrogen) atoms. The molecular weight excluding hydrogens is 404 g/mol. The Balaban J connectivity index is 1.52. The van der Waals surface area contributed by atoms with Gasteiger partial charge < -0.3 is 25.2 Å². The number of hydrogen-bond donors (Lipinski definition) is 2. The summed E-state index contributed by atoms with van der Waals surface area (Å²) < 4.78 is 28.9. The van der Waals surface area contributed by atoms with Crippen LogP contribution in [0.15, 0.2) is 53.5 Å². The summed E-state index contributed by atoms with van der Waals surface area (Å²) in [7, 11) is 3.62. The maximum Gasteiger partial charge on any atom is 0.387 e. The van der Waals surface area contributed by atoms with Gasteiger partial charge in [0.15, 0.2) is 5.96 Å². The Bertz CT molecular complexity index is 888. The van der Waals surface area contributed by atoms with Crippen molar-refractivity contribution in [2.24, 2.45) is 4.99 Å². The van der Waals surface area contributed by atoms with E-state index in [1.54, 1.807) is 19.2 Å². The first-order valence-corrected chi connectivity index (χ1v) is 10.0. The number of nitrogens with zero attached hydrogens (tertiary/aromatic N) is 3. The zero-order valence-electron chi connectivity index (χ0n) is 17.6. The number of alkyl halides is 2. The summed E-state index contributed by atoms with van der Waals surface area (Å²) in [6.45, 7) is 0.168. The zero-order chi connectivity index (χ0) is 22.2. The number of benzene rings is 2. The number of nitrogens with one attached hydrogen (secondary N) is 2. The van der Waals surface area contributed by atoms with Crippen molar-refractivity contribution < 1.29 is 18.3 Å². The van der Waals surface area contributed by atoms with Crippen molar-refractivity contribution in [3.8, 4) is 5.75 Å². The van der Waals surface area contributed by atoms with E-state index in [1.165, 1.54) is 12.1 Å². The number of amides is 1. The van der Waals surface area contributed by atoms with E-state index in [9.17, 15) is 13.6 Å². The summed E-state index contributed by atoms with van der Waals surface area (Å²) in [6.07, 6.45) is 0. The molecule has 1 saturated heterocycles. The summed E-state index contributed by atoms with van der Waals surface area (Å²) in [6, 6.07) is 14.7. The second-order valence-corrected chi connectivity index (χ2v) is 7.22. The highest BCUT2D eigenvalue weighted by Crippen LogP contribution is 2.17. The van der Waals surface area contributed by atoms with Crippen LogP contribution >= 0.6 is 0 Å². The molecule has 2 aromatic rings. The number of guanidine groups is 1. The van der Waals surface area contributed by atoms with Crippen LogP contribution in [-0.4, -0.2) is 57.1 Å². The topological polar surface area (TPSA) is 69.2 Å². The minimum absolute atomic E-state index is 0.0417. The van der Waals surface area contributed by atoms with Crippen LogP contribution in [0, 0.1) is 0 Å². The lowest BCUT2D eigenvalue weighted by Gasteiger charge is -2.28. The first kappa shape index (κ1) is 22.3. The third kappa shape index (κ3) is 6.56. The number of carbonyl (C=O) groups excluding carboxylic acids is 1. The summed E-state index contributed by atoms with van der Waals surface area (Å²) >= 11 is 0. The van der Waals surface area contributed by atoms with Crippen LogP contribution in [0.25, 0.3) is 0 Å². The molecule has 0 aromatic heterocycles. The van der Waals surface area contributed by atoms with E-state index >= 15 is 0 Å². The van der Waals surface area contributed by atoms with Gasteiger partial charge in [0.1, 0.15) is 5.75 Å². The Kier molecular flexibility index (Phi) is 7.64. The van der Waals surface area contributed by atoms with Crippen molar-refractivity contribution in [3.05, 3.63) is 59.7 Å². The molecule has 0 aliphatic carbocycles. The number of carbonyl (C=O) groups is 1. The van der Waals surface area contributed by atoms with Crippen molar-refractivity contribution in [2.45, 2.75) is 19.7 Å². The molecule has 2 aromatic carbocycles. The molecule has 1 aliphatic rings. The van der Waals surface area contributed by atoms with Crippen LogP contribution in [0.5, 0.6) is 5.75 Å². The molecule has 3 rings (SSSR count). The fourth-order valence-corrected chi connectivity index (χ4v) is 3.37. The molecule has 0 unspecified atom stereocenters. The van der Waals surface area contributed by atoms with Gasteiger partial charge in [-0.15, -0.1) is 0 Å². The normalized spacial score (nSPS) is 14.4. The average molecular weight is 431 g/mol. The molecule has 0 atom stereocenters. The molecule has 1 amide bonds. The largest absolute Gasteiger partial charge is 0.435 e. The van der Waals surface area contributed by atoms with E-state index < -0.39 is 6.61 Å². The molecule has 0 saturated carbocycles. The van der Waals surface area contributed by atoms with Gasteiger partial charge in [-0.25, -0.2) is 0 Å². The highest BCUT2D eigenvalue weighted by Gasteiger charge is 2.16. The Morgan fingerprint density at radius 1 is 1.19 bits per heavy atom. The van der Waals surface area contributed by atoms with E-state index in [4.69, 9.17) is 0 Å². The zero-order valence-corrected chi connectivity index (χ0v) is 17.6. The first-order valence-electron chi connectivity index (χ1n) is 10.0. The van der Waals surface area contributed by atoms with Crippen molar-refractivity contribution in [1.29, 1.82) is 0 Å². The first-order chi connectivity index (χ1) is 14.9. The Morgan fingerprint density at radius 2 is 1.87 bits per heavy atom. The predicted molar refractivity (Wildman–Crippen MR) is 116 cm³/mol. The number of piperazine rings is 1. The van der Waals surface area contributed by atoms with E-state index in [2.05, 4.69) is 25.3 Å². The Morgan fingerprint density at radius 3 is 2.48 bits per heavy atom. The molecular formula is C22H27F2N5O2. The standard InChI is InChI=1S/C22H27F2N5O2/c1-25-22(28(2)14-17-5-9-19(10-6-17)31-21(23)24)27-13-16-3-7-18(8-4-16)29-12-11-26-20(30)15-29/h3-10,21H,11-15H2,1-2H3,(H,25,27)(H,26,30). The minimum atomic E-state index is -2.83. The van der Waals surface area contributed by atoms with Gasteiger partial charge in [0.25, 0.3) is 0 Å². The fourth-order valence-electron chi connectivity index (χ4n) is 3.37. The average Bonchev–Trinajstić information content (AvgIpc) is 2.75. The SMILES string of the molecule is CN=C(NCc1ccc(N2CCNC(=O)C2)cc1)N(C)Cc1ccc(OC(F)F)cc1. The van der Waals surface area contributed by atoms with Crippen molar-refractivity contribution >= 4 is 17.6 Å². The van der Waals surface area contributed by atoms with Crippen LogP contribution in [0.4, 0.5) is 14.5 Å². The Labute approximate surface area is 180 Å². The molecule has 7 nitrogen and oxygen atoms in total. The van der Waals surface area contributed by atoms with Crippen molar-refractivity contribution in [1.82, 2.24) is 15.5 Å². The lowest BCUT2D eigenvalue weighted by atomic mass is 10.2. The van der Waals surface area contributed by atoms with E-state index in [1.807, 2.05) is 36.2 Å². The molecule has 1 aliphatic heterocycles. The highest BCUT2D eigenvalue weighted by atomic mass is 19.3. The number of ether oxygens (including phenoxy) is 1. The lowest BCUT2D eigenvalue weighted by molar-refractivity contribution is -0.120. The van der Waals surface area contributed by atoms with Crippen LogP contribution in [0.3, 0.4) is 0 Å². The molecule has 0 radical (unpaired) electrons. The third-order valence-electron chi connectivity index (χ3n) is 4.93. The van der Waals surface area contributed by atoms with Gasteiger partial charge >= 0.3 is 6.61 Å². The number of aliphatic imine (C=N–C) groups is 1. The molecule has 1 fully saturated rings. The maximum atomic E-state index is 12.3. The van der Waals surface area contributed by atoms with Gasteiger partial charge in [0.2, 0.25) is 5.91 Å². The van der Waals surface area contributed by atoms with Gasteiger partial charge in [0, 0.05) is 46.0 Å². The number of anilines is 1. The number of halogens is 2. The quantitative estimate of drug-likeness (QED) is 0.521. The van der Waals surface area contributed by atoms with E-state index in [0.29, 0.717) is 32.1 Å². The van der Waals surface area contributed by atoms with Gasteiger partial charge in [-0.2, -0.15) is 8.78 Å². The summed E-state index contributed by atoms with van der Waals surface area (Å²) in [5, 5.41) is 6.15. The van der Waals surface area contributed by atoms with Crippen LogP contribution < -0.4 is 20.3 Å². The summed E-state index contributed by atoms with van der Waals surface area (Å²) in [5.74, 6) is 0.891. The van der Waals surface area contributed by atoms with E-state index in [-0.39, 0.29) is 11.7 Å². The van der Waals surface area contributed by atoms with Gasteiger partial charge in [-0.1, -0.05) is 24.3 Å². The summed E-state index contributed by atoms with van der Waals surface area (Å²) in [5.41, 5.74) is 3.06. The Hall–Kier alpha value is -3.36. The number of rotatable bonds is 7. The fraction of sp³-hybridized carbons (Fsp3) is 0.364. The third-order valence-corrected chi connectivity index (χ3v) is 4.93. The van der Waals surface area contributed by atoms with Gasteiger partial charge in [-0.05, 0) is 35.4 Å². The molecule has 9 heteroatoms. The molecule has 0 bridgehead atoms. The molecule has 166 valence electrons. The minimum Gasteiger partial charge on any atom is -0.435 e. The second kappa shape index (κ2) is 10.6. The van der Waals surface area contributed by atoms with Crippen molar-refractivity contribution in [3.63, 3.8) is 0 Å². The van der Waals surface area contributed by atoms with Crippen LogP contribution in [0.2, 0.25) is 0 Å². The second-order valence-electron chi connectivity index (χ2n) is 7.22. The van der Waals surface area contributed by atoms with Gasteiger partial charge in [-0.3, -0.25) is 9.79 Å². The van der Waals surface area contributed by atoms with Crippen molar-refractivity contribution in [2.75, 3.05) is 38.6 Å². The monoisotopic (exact) mass is 431 g/mol. The van der Waals surface area contributed by atoms with Crippen LogP contribution in [-0.2, 0) is 17.9 Å². The smallest absolute Gasteiger partial charge is 0.387 e.